The number of halogens is 1. The third-order valence-electron chi connectivity index (χ3n) is 3.51. The topological polar surface area (TPSA) is 77.4 Å². The highest BCUT2D eigenvalue weighted by Gasteiger charge is 2.14. The number of nitrogens with one attached hydrogen (secondary N) is 1. The monoisotopic (exact) mass is 354 g/mol. The number of methoxy groups -OCH3 is 1. The van der Waals surface area contributed by atoms with Crippen LogP contribution in [0.5, 0.6) is 5.75 Å². The summed E-state index contributed by atoms with van der Waals surface area (Å²) in [6, 6.07) is 8.74. The Morgan fingerprint density at radius 2 is 1.96 bits per heavy atom. The van der Waals surface area contributed by atoms with Crippen molar-refractivity contribution in [2.75, 3.05) is 13.7 Å². The molecule has 0 spiro atoms. The van der Waals surface area contributed by atoms with E-state index in [2.05, 4.69) is 4.72 Å². The molecule has 2 aromatic rings. The number of aryl methyl sites for hydroxylation is 1. The molecule has 0 amide bonds. The van der Waals surface area contributed by atoms with Crippen molar-refractivity contribution >= 4 is 10.0 Å². The molecule has 0 unspecified atom stereocenters. The second-order valence-electron chi connectivity index (χ2n) is 5.27. The van der Waals surface area contributed by atoms with Crippen LogP contribution in [-0.4, -0.2) is 26.6 Å². The van der Waals surface area contributed by atoms with Crippen molar-refractivity contribution in [1.29, 1.82) is 0 Å². The Kier molecular flexibility index (Phi) is 5.74. The third kappa shape index (κ3) is 4.65. The lowest BCUT2D eigenvalue weighted by Crippen LogP contribution is -2.32. The van der Waals surface area contributed by atoms with Crippen molar-refractivity contribution in [2.45, 2.75) is 19.2 Å². The van der Waals surface area contributed by atoms with Gasteiger partial charge in [-0.2, -0.15) is 0 Å². The molecule has 24 heavy (non-hydrogen) atoms. The molecule has 0 fully saturated rings. The predicted molar refractivity (Wildman–Crippen MR) is 89.0 cm³/mol. The quantitative estimate of drug-likeness (QED) is 0.816. The summed E-state index contributed by atoms with van der Waals surface area (Å²) in [7, 11) is -2.23. The number of benzene rings is 1. The zero-order chi connectivity index (χ0) is 17.7. The molecule has 130 valence electrons. The second-order valence-corrected chi connectivity index (χ2v) is 7.08. The van der Waals surface area contributed by atoms with Gasteiger partial charge in [0.1, 0.15) is 11.6 Å². The fourth-order valence-electron chi connectivity index (χ4n) is 2.29. The number of hydrogen-bond acceptors (Lipinski definition) is 4. The van der Waals surface area contributed by atoms with Crippen LogP contribution in [0, 0.1) is 12.7 Å². The average molecular weight is 354 g/mol. The van der Waals surface area contributed by atoms with E-state index in [1.54, 1.807) is 19.1 Å². The first-order valence-corrected chi connectivity index (χ1v) is 8.94. The molecule has 0 atom stereocenters. The van der Waals surface area contributed by atoms with Crippen LogP contribution in [0.2, 0.25) is 0 Å². The van der Waals surface area contributed by atoms with Crippen molar-refractivity contribution in [3.8, 4) is 5.75 Å². The summed E-state index contributed by atoms with van der Waals surface area (Å²) in [5.74, 6) is -0.560. The minimum atomic E-state index is -3.70. The first kappa shape index (κ1) is 18.2. The summed E-state index contributed by atoms with van der Waals surface area (Å²) in [5.41, 5.74) is 0.482. The molecule has 8 heteroatoms. The SMILES string of the molecule is COc1cc(C)n(CCNS(=O)(=O)Cc2ccccc2F)c(=O)c1. The fourth-order valence-corrected chi connectivity index (χ4v) is 3.44. The molecular weight excluding hydrogens is 335 g/mol. The summed E-state index contributed by atoms with van der Waals surface area (Å²) in [5, 5.41) is 0. The van der Waals surface area contributed by atoms with E-state index in [9.17, 15) is 17.6 Å². The van der Waals surface area contributed by atoms with Crippen LogP contribution < -0.4 is 15.0 Å². The van der Waals surface area contributed by atoms with Gasteiger partial charge < -0.3 is 9.30 Å². The summed E-state index contributed by atoms with van der Waals surface area (Å²) in [6.45, 7) is 1.94. The van der Waals surface area contributed by atoms with Gasteiger partial charge in [-0.3, -0.25) is 4.79 Å². The molecule has 1 heterocycles. The molecule has 1 N–H and O–H groups in total. The van der Waals surface area contributed by atoms with Gasteiger partial charge in [0, 0.05) is 30.4 Å². The smallest absolute Gasteiger partial charge is 0.254 e. The first-order chi connectivity index (χ1) is 11.3. The lowest BCUT2D eigenvalue weighted by molar-refractivity contribution is 0.411. The molecule has 0 bridgehead atoms. The van der Waals surface area contributed by atoms with E-state index < -0.39 is 21.6 Å². The number of sulfonamides is 1. The van der Waals surface area contributed by atoms with Crippen LogP contribution in [0.4, 0.5) is 4.39 Å². The van der Waals surface area contributed by atoms with Gasteiger partial charge in [-0.05, 0) is 19.1 Å². The molecule has 0 radical (unpaired) electrons. The Morgan fingerprint density at radius 3 is 2.58 bits per heavy atom. The molecule has 1 aromatic carbocycles. The van der Waals surface area contributed by atoms with Gasteiger partial charge in [-0.1, -0.05) is 18.2 Å². The van der Waals surface area contributed by atoms with Gasteiger partial charge in [0.05, 0.1) is 12.9 Å². The van der Waals surface area contributed by atoms with E-state index >= 15 is 0 Å². The molecule has 1 aromatic heterocycles. The van der Waals surface area contributed by atoms with Crippen molar-refractivity contribution in [2.24, 2.45) is 0 Å². The Bertz CT molecular complexity index is 878. The number of ether oxygens (including phenoxy) is 1. The molecule has 0 aliphatic heterocycles. The van der Waals surface area contributed by atoms with Gasteiger partial charge in [0.25, 0.3) is 5.56 Å². The summed E-state index contributed by atoms with van der Waals surface area (Å²) >= 11 is 0. The zero-order valence-electron chi connectivity index (χ0n) is 13.5. The number of hydrogen-bond donors (Lipinski definition) is 1. The fraction of sp³-hybridized carbons (Fsp3) is 0.312. The summed E-state index contributed by atoms with van der Waals surface area (Å²) < 4.78 is 46.4. The van der Waals surface area contributed by atoms with Crippen LogP contribution >= 0.6 is 0 Å². The molecule has 0 saturated heterocycles. The molecule has 0 saturated carbocycles. The third-order valence-corrected chi connectivity index (χ3v) is 4.84. The maximum absolute atomic E-state index is 13.5. The van der Waals surface area contributed by atoms with Gasteiger partial charge in [-0.25, -0.2) is 17.5 Å². The van der Waals surface area contributed by atoms with Crippen LogP contribution in [0.25, 0.3) is 0 Å². The van der Waals surface area contributed by atoms with Crippen molar-refractivity contribution in [3.05, 3.63) is 63.8 Å². The minimum Gasteiger partial charge on any atom is -0.496 e. The average Bonchev–Trinajstić information content (AvgIpc) is 2.51. The summed E-state index contributed by atoms with van der Waals surface area (Å²) in [4.78, 5) is 12.0. The van der Waals surface area contributed by atoms with Crippen LogP contribution in [-0.2, 0) is 22.3 Å². The zero-order valence-corrected chi connectivity index (χ0v) is 14.3. The lowest BCUT2D eigenvalue weighted by atomic mass is 10.2. The highest BCUT2D eigenvalue weighted by molar-refractivity contribution is 7.88. The molecule has 0 aliphatic carbocycles. The van der Waals surface area contributed by atoms with Gasteiger partial charge >= 0.3 is 0 Å². The number of pyridine rings is 1. The Balaban J connectivity index is 2.01. The predicted octanol–water partition coefficient (Wildman–Crippen LogP) is 1.42. The van der Waals surface area contributed by atoms with E-state index in [1.165, 1.54) is 35.9 Å². The first-order valence-electron chi connectivity index (χ1n) is 7.28. The molecular formula is C16H19FN2O4S. The van der Waals surface area contributed by atoms with E-state index in [-0.39, 0.29) is 24.2 Å². The Morgan fingerprint density at radius 1 is 1.25 bits per heavy atom. The minimum absolute atomic E-state index is 0.0316. The molecule has 6 nitrogen and oxygen atoms in total. The number of nitrogens with zero attached hydrogens (tertiary/aromatic N) is 1. The number of rotatable bonds is 7. The van der Waals surface area contributed by atoms with E-state index in [1.807, 2.05) is 0 Å². The van der Waals surface area contributed by atoms with E-state index in [0.29, 0.717) is 11.4 Å². The normalized spacial score (nSPS) is 11.5. The standard InChI is InChI=1S/C16H19FN2O4S/c1-12-9-14(23-2)10-16(20)19(12)8-7-18-24(21,22)11-13-5-3-4-6-15(13)17/h3-6,9-10,18H,7-8,11H2,1-2H3. The molecule has 2 rings (SSSR count). The van der Waals surface area contributed by atoms with E-state index in [0.717, 1.165) is 0 Å². The van der Waals surface area contributed by atoms with Crippen molar-refractivity contribution < 1.29 is 17.5 Å². The van der Waals surface area contributed by atoms with Crippen LogP contribution in [0.3, 0.4) is 0 Å². The Hall–Kier alpha value is -2.19. The van der Waals surface area contributed by atoms with Gasteiger partial charge in [0.2, 0.25) is 10.0 Å². The lowest BCUT2D eigenvalue weighted by Gasteiger charge is -2.12. The summed E-state index contributed by atoms with van der Waals surface area (Å²) in [6.07, 6.45) is 0. The second kappa shape index (κ2) is 7.59. The van der Waals surface area contributed by atoms with E-state index in [4.69, 9.17) is 4.74 Å². The van der Waals surface area contributed by atoms with Crippen LogP contribution in [0.1, 0.15) is 11.3 Å². The molecule has 0 aliphatic rings. The van der Waals surface area contributed by atoms with Crippen molar-refractivity contribution in [1.82, 2.24) is 9.29 Å². The highest BCUT2D eigenvalue weighted by Crippen LogP contribution is 2.10. The highest BCUT2D eigenvalue weighted by atomic mass is 32.2. The van der Waals surface area contributed by atoms with Crippen molar-refractivity contribution in [3.63, 3.8) is 0 Å². The van der Waals surface area contributed by atoms with Gasteiger partial charge in [0.15, 0.2) is 0 Å². The number of aromatic nitrogens is 1. The maximum Gasteiger partial charge on any atom is 0.254 e. The van der Waals surface area contributed by atoms with Crippen LogP contribution in [0.15, 0.2) is 41.2 Å². The maximum atomic E-state index is 13.5. The largest absolute Gasteiger partial charge is 0.496 e. The Labute approximate surface area is 139 Å². The van der Waals surface area contributed by atoms with Gasteiger partial charge in [-0.15, -0.1) is 0 Å².